The summed E-state index contributed by atoms with van der Waals surface area (Å²) in [6.07, 6.45) is 3.02. The molecule has 152 valence electrons. The third-order valence-corrected chi connectivity index (χ3v) is 4.15. The van der Waals surface area contributed by atoms with Gasteiger partial charge in [0.1, 0.15) is 11.9 Å². The van der Waals surface area contributed by atoms with E-state index in [0.29, 0.717) is 36.1 Å². The van der Waals surface area contributed by atoms with E-state index >= 15 is 0 Å². The number of Topliss-reactive ketones (excluding diaryl/α,β-unsaturated/α-hetero) is 1. The van der Waals surface area contributed by atoms with Crippen molar-refractivity contribution in [3.63, 3.8) is 0 Å². The topological polar surface area (TPSA) is 113 Å². The summed E-state index contributed by atoms with van der Waals surface area (Å²) in [5, 5.41) is 20.7. The lowest BCUT2D eigenvalue weighted by atomic mass is 10.0. The summed E-state index contributed by atoms with van der Waals surface area (Å²) in [6.45, 7) is 1.46. The molecular formula is C22H23NO6. The molecule has 7 heteroatoms. The van der Waals surface area contributed by atoms with Crippen LogP contribution in [0.4, 0.5) is 10.5 Å². The fraction of sp³-hybridized carbons (Fsp3) is 0.227. The molecule has 0 aromatic heterocycles. The normalized spacial score (nSPS) is 11.8. The lowest BCUT2D eigenvalue weighted by Crippen LogP contribution is -2.17. The number of nitrogens with one attached hydrogen (secondary N) is 1. The maximum Gasteiger partial charge on any atom is 0.412 e. The van der Waals surface area contributed by atoms with E-state index in [1.54, 1.807) is 42.5 Å². The van der Waals surface area contributed by atoms with Gasteiger partial charge in [-0.3, -0.25) is 10.1 Å². The molecule has 2 aromatic rings. The first kappa shape index (κ1) is 21.7. The van der Waals surface area contributed by atoms with E-state index in [-0.39, 0.29) is 11.5 Å². The average molecular weight is 397 g/mol. The number of aromatic hydroxyl groups is 1. The molecule has 0 fully saturated rings. The first-order valence-electron chi connectivity index (χ1n) is 9.12. The fourth-order valence-electron chi connectivity index (χ4n) is 2.65. The van der Waals surface area contributed by atoms with Crippen LogP contribution in [0.3, 0.4) is 0 Å². The van der Waals surface area contributed by atoms with E-state index in [2.05, 4.69) is 5.32 Å². The van der Waals surface area contributed by atoms with Crippen molar-refractivity contribution in [3.05, 3.63) is 71.8 Å². The van der Waals surface area contributed by atoms with Crippen LogP contribution in [0.15, 0.2) is 60.7 Å². The highest BCUT2D eigenvalue weighted by molar-refractivity contribution is 5.95. The number of ketones is 1. The number of rotatable bonds is 9. The number of anilines is 1. The Kier molecular flexibility index (Phi) is 7.97. The maximum atomic E-state index is 12.3. The molecule has 3 N–H and O–H groups in total. The van der Waals surface area contributed by atoms with Crippen molar-refractivity contribution in [2.75, 3.05) is 5.32 Å². The van der Waals surface area contributed by atoms with Gasteiger partial charge in [-0.05, 0) is 68.1 Å². The average Bonchev–Trinajstić information content (AvgIpc) is 2.67. The summed E-state index contributed by atoms with van der Waals surface area (Å²) in [6, 6.07) is 12.8. The van der Waals surface area contributed by atoms with Crippen molar-refractivity contribution in [1.82, 2.24) is 0 Å². The monoisotopic (exact) mass is 397 g/mol. The van der Waals surface area contributed by atoms with Gasteiger partial charge < -0.3 is 14.9 Å². The second-order valence-corrected chi connectivity index (χ2v) is 6.42. The van der Waals surface area contributed by atoms with Crippen LogP contribution < -0.4 is 5.32 Å². The zero-order chi connectivity index (χ0) is 21.2. The van der Waals surface area contributed by atoms with Gasteiger partial charge in [0.15, 0.2) is 5.78 Å². The van der Waals surface area contributed by atoms with Gasteiger partial charge in [0, 0.05) is 17.3 Å². The molecule has 0 radical (unpaired) electrons. The molecule has 0 heterocycles. The summed E-state index contributed by atoms with van der Waals surface area (Å²) < 4.78 is 5.55. The highest BCUT2D eigenvalue weighted by Crippen LogP contribution is 2.26. The standard InChI is InChI=1S/C22H23NO6/c1-15(24)16-7-11-18(12-8-16)23-22(28)29-20(5-3-2-4-6-21(26)27)17-9-13-19(25)14-10-17/h4,6-14,20,25H,2-3,5H2,1H3,(H,23,28)(H,26,27)/b6-4+/t20-/m1/s1. The molecule has 0 saturated carbocycles. The second-order valence-electron chi connectivity index (χ2n) is 6.42. The number of aliphatic carboxylic acids is 1. The first-order valence-corrected chi connectivity index (χ1v) is 9.12. The van der Waals surface area contributed by atoms with Crippen LogP contribution >= 0.6 is 0 Å². The highest BCUT2D eigenvalue weighted by Gasteiger charge is 2.17. The van der Waals surface area contributed by atoms with E-state index in [4.69, 9.17) is 9.84 Å². The molecule has 2 aromatic carbocycles. The predicted molar refractivity (Wildman–Crippen MR) is 108 cm³/mol. The van der Waals surface area contributed by atoms with Gasteiger partial charge in [0.25, 0.3) is 0 Å². The molecular weight excluding hydrogens is 374 g/mol. The molecule has 2 rings (SSSR count). The van der Waals surface area contributed by atoms with Crippen LogP contribution in [0.5, 0.6) is 5.75 Å². The van der Waals surface area contributed by atoms with E-state index < -0.39 is 18.2 Å². The van der Waals surface area contributed by atoms with Gasteiger partial charge >= 0.3 is 12.1 Å². The van der Waals surface area contributed by atoms with E-state index in [9.17, 15) is 19.5 Å². The number of unbranched alkanes of at least 4 members (excludes halogenated alkanes) is 1. The van der Waals surface area contributed by atoms with Crippen molar-refractivity contribution in [2.45, 2.75) is 32.3 Å². The molecule has 1 amide bonds. The number of hydrogen-bond acceptors (Lipinski definition) is 5. The molecule has 0 aliphatic rings. The Labute approximate surface area is 168 Å². The minimum Gasteiger partial charge on any atom is -0.508 e. The number of ether oxygens (including phenoxy) is 1. The summed E-state index contributed by atoms with van der Waals surface area (Å²) in [5.74, 6) is -0.970. The predicted octanol–water partition coefficient (Wildman–Crippen LogP) is 4.70. The van der Waals surface area contributed by atoms with Crippen molar-refractivity contribution >= 4 is 23.5 Å². The van der Waals surface area contributed by atoms with E-state index in [1.807, 2.05) is 0 Å². The third-order valence-electron chi connectivity index (χ3n) is 4.15. The molecule has 0 bridgehead atoms. The van der Waals surface area contributed by atoms with Crippen molar-refractivity contribution in [3.8, 4) is 5.75 Å². The van der Waals surface area contributed by atoms with Crippen LogP contribution in [-0.2, 0) is 9.53 Å². The first-order chi connectivity index (χ1) is 13.8. The number of amides is 1. The highest BCUT2D eigenvalue weighted by atomic mass is 16.6. The van der Waals surface area contributed by atoms with Gasteiger partial charge in [-0.25, -0.2) is 9.59 Å². The van der Waals surface area contributed by atoms with Gasteiger partial charge in [0.05, 0.1) is 0 Å². The van der Waals surface area contributed by atoms with E-state index in [1.165, 1.54) is 19.1 Å². The van der Waals surface area contributed by atoms with Crippen LogP contribution in [0.25, 0.3) is 0 Å². The largest absolute Gasteiger partial charge is 0.508 e. The van der Waals surface area contributed by atoms with Crippen LogP contribution in [0.2, 0.25) is 0 Å². The van der Waals surface area contributed by atoms with Crippen molar-refractivity contribution in [2.24, 2.45) is 0 Å². The lowest BCUT2D eigenvalue weighted by molar-refractivity contribution is -0.131. The SMILES string of the molecule is CC(=O)c1ccc(NC(=O)O[C@H](CCC/C=C/C(=O)O)c2ccc(O)cc2)cc1. The fourth-order valence-corrected chi connectivity index (χ4v) is 2.65. The Morgan fingerprint density at radius 1 is 1.07 bits per heavy atom. The zero-order valence-corrected chi connectivity index (χ0v) is 16.0. The summed E-state index contributed by atoms with van der Waals surface area (Å²) in [5.41, 5.74) is 1.75. The Morgan fingerprint density at radius 3 is 2.31 bits per heavy atom. The van der Waals surface area contributed by atoms with Crippen LogP contribution in [-0.4, -0.2) is 28.1 Å². The number of benzene rings is 2. The summed E-state index contributed by atoms with van der Waals surface area (Å²) in [7, 11) is 0. The van der Waals surface area contributed by atoms with Crippen LogP contribution in [0.1, 0.15) is 48.2 Å². The molecule has 0 unspecified atom stereocenters. The Hall–Kier alpha value is -3.61. The van der Waals surface area contributed by atoms with Crippen LogP contribution in [0, 0.1) is 0 Å². The molecule has 29 heavy (non-hydrogen) atoms. The molecule has 0 aliphatic carbocycles. The zero-order valence-electron chi connectivity index (χ0n) is 16.0. The molecule has 1 atom stereocenters. The van der Waals surface area contributed by atoms with Gasteiger partial charge in [0.2, 0.25) is 0 Å². The Bertz CT molecular complexity index is 871. The van der Waals surface area contributed by atoms with Crippen molar-refractivity contribution in [1.29, 1.82) is 0 Å². The number of phenols is 1. The Balaban J connectivity index is 2.01. The number of carbonyl (C=O) groups is 3. The smallest absolute Gasteiger partial charge is 0.412 e. The third kappa shape index (κ3) is 7.50. The van der Waals surface area contributed by atoms with Crippen molar-refractivity contribution < 1.29 is 29.3 Å². The molecule has 0 saturated heterocycles. The quantitative estimate of drug-likeness (QED) is 0.321. The maximum absolute atomic E-state index is 12.3. The lowest BCUT2D eigenvalue weighted by Gasteiger charge is -2.19. The summed E-state index contributed by atoms with van der Waals surface area (Å²) >= 11 is 0. The second kappa shape index (κ2) is 10.7. The van der Waals surface area contributed by atoms with Gasteiger partial charge in [-0.2, -0.15) is 0 Å². The number of hydrogen-bond donors (Lipinski definition) is 3. The number of phenolic OH excluding ortho intramolecular Hbond substituents is 1. The minimum absolute atomic E-state index is 0.0662. The number of carbonyl (C=O) groups excluding carboxylic acids is 2. The van der Waals surface area contributed by atoms with Gasteiger partial charge in [-0.1, -0.05) is 18.2 Å². The number of allylic oxidation sites excluding steroid dienone is 1. The van der Waals surface area contributed by atoms with E-state index in [0.717, 1.165) is 6.08 Å². The number of carboxylic acid groups (broad SMARTS) is 1. The van der Waals surface area contributed by atoms with Gasteiger partial charge in [-0.15, -0.1) is 0 Å². The number of carboxylic acids is 1. The molecule has 7 nitrogen and oxygen atoms in total. The minimum atomic E-state index is -1.01. The molecule has 0 aliphatic heterocycles. The Morgan fingerprint density at radius 2 is 1.72 bits per heavy atom. The molecule has 0 spiro atoms. The summed E-state index contributed by atoms with van der Waals surface area (Å²) in [4.78, 5) is 34.2.